The lowest BCUT2D eigenvalue weighted by molar-refractivity contribution is -0.0865. The van der Waals surface area contributed by atoms with Gasteiger partial charge in [-0.3, -0.25) is 20.9 Å². The molecule has 0 bridgehead atoms. The number of fused-ring (bicyclic) bond motifs is 3. The molecule has 4 aliphatic rings. The van der Waals surface area contributed by atoms with E-state index in [4.69, 9.17) is 9.47 Å². The molecule has 4 heterocycles. The minimum absolute atomic E-state index is 0.000437. The Morgan fingerprint density at radius 1 is 1.15 bits per heavy atom. The van der Waals surface area contributed by atoms with Gasteiger partial charge in [0.25, 0.3) is 0 Å². The second-order valence-corrected chi connectivity index (χ2v) is 7.76. The van der Waals surface area contributed by atoms with Gasteiger partial charge in [0.15, 0.2) is 0 Å². The van der Waals surface area contributed by atoms with Crippen LogP contribution in [0.2, 0.25) is 0 Å². The number of phenolic OH excluding ortho intramolecular Hbond substituents is 1. The molecule has 0 aliphatic carbocycles. The maximum atomic E-state index is 9.92. The van der Waals surface area contributed by atoms with Crippen LogP contribution >= 0.6 is 0 Å². The van der Waals surface area contributed by atoms with Crippen molar-refractivity contribution in [2.45, 2.75) is 43.5 Å². The summed E-state index contributed by atoms with van der Waals surface area (Å²) in [6.45, 7) is 4.40. The maximum Gasteiger partial charge on any atom is 0.115 e. The van der Waals surface area contributed by atoms with E-state index in [1.165, 1.54) is 12.8 Å². The lowest BCUT2D eigenvalue weighted by atomic mass is 9.86. The summed E-state index contributed by atoms with van der Waals surface area (Å²) in [5.74, 6) is 0.787. The third-order valence-corrected chi connectivity index (χ3v) is 6.22. The Labute approximate surface area is 154 Å². The second-order valence-electron chi connectivity index (χ2n) is 7.76. The van der Waals surface area contributed by atoms with E-state index in [0.717, 1.165) is 38.4 Å². The summed E-state index contributed by atoms with van der Waals surface area (Å²) in [5, 5.41) is 21.0. The summed E-state index contributed by atoms with van der Waals surface area (Å²) in [4.78, 5) is 2.45. The molecule has 0 saturated carbocycles. The zero-order valence-corrected chi connectivity index (χ0v) is 14.9. The Morgan fingerprint density at radius 2 is 2.04 bits per heavy atom. The molecule has 0 radical (unpaired) electrons. The first kappa shape index (κ1) is 16.9. The molecule has 4 saturated heterocycles. The number of benzene rings is 1. The standard InChI is InChI=1S/C19H28N4O3/c24-13-4-1-3-12(11-13)17-21-15-14-5-2-6-20-19(14)26-16(15)18(22-17)23-7-9-25-10-8-23/h1,3-4,11,14-22,24H,2,5-10H2. The first-order valence-electron chi connectivity index (χ1n) is 9.81. The molecule has 142 valence electrons. The van der Waals surface area contributed by atoms with E-state index in [1.807, 2.05) is 12.1 Å². The van der Waals surface area contributed by atoms with Crippen LogP contribution in [0.5, 0.6) is 5.75 Å². The Hall–Kier alpha value is -1.22. The average molecular weight is 360 g/mol. The summed E-state index contributed by atoms with van der Waals surface area (Å²) >= 11 is 0. The van der Waals surface area contributed by atoms with E-state index in [1.54, 1.807) is 6.07 Å². The van der Waals surface area contributed by atoms with Crippen molar-refractivity contribution >= 4 is 0 Å². The van der Waals surface area contributed by atoms with Crippen molar-refractivity contribution in [3.63, 3.8) is 0 Å². The molecule has 1 aromatic carbocycles. The van der Waals surface area contributed by atoms with Crippen LogP contribution in [0, 0.1) is 5.92 Å². The number of ether oxygens (including phenoxy) is 2. The van der Waals surface area contributed by atoms with Gasteiger partial charge in [0.1, 0.15) is 18.1 Å². The van der Waals surface area contributed by atoms with Crippen molar-refractivity contribution in [1.82, 2.24) is 20.9 Å². The number of nitrogens with zero attached hydrogens (tertiary/aromatic N) is 1. The monoisotopic (exact) mass is 360 g/mol. The Bertz CT molecular complexity index is 639. The second kappa shape index (κ2) is 7.07. The first-order valence-corrected chi connectivity index (χ1v) is 9.81. The van der Waals surface area contributed by atoms with E-state index in [-0.39, 0.29) is 24.7 Å². The van der Waals surface area contributed by atoms with Crippen molar-refractivity contribution < 1.29 is 14.6 Å². The average Bonchev–Trinajstić information content (AvgIpc) is 3.06. The van der Waals surface area contributed by atoms with Crippen LogP contribution < -0.4 is 16.0 Å². The third kappa shape index (κ3) is 3.02. The van der Waals surface area contributed by atoms with Crippen LogP contribution in [0.1, 0.15) is 24.6 Å². The summed E-state index contributed by atoms with van der Waals surface area (Å²) in [6, 6.07) is 7.82. The molecule has 0 spiro atoms. The van der Waals surface area contributed by atoms with Crippen LogP contribution in [0.3, 0.4) is 0 Å². The predicted octanol–water partition coefficient (Wildman–Crippen LogP) is 0.335. The van der Waals surface area contributed by atoms with Crippen molar-refractivity contribution in [1.29, 1.82) is 0 Å². The molecule has 6 atom stereocenters. The highest BCUT2D eigenvalue weighted by Gasteiger charge is 2.53. The third-order valence-electron chi connectivity index (χ3n) is 6.22. The molecule has 0 aromatic heterocycles. The number of hydrogen-bond donors (Lipinski definition) is 4. The van der Waals surface area contributed by atoms with E-state index in [0.29, 0.717) is 17.7 Å². The zero-order valence-electron chi connectivity index (χ0n) is 14.9. The fraction of sp³-hybridized carbons (Fsp3) is 0.684. The highest BCUT2D eigenvalue weighted by atomic mass is 16.5. The van der Waals surface area contributed by atoms with Crippen LogP contribution in [0.15, 0.2) is 24.3 Å². The van der Waals surface area contributed by atoms with Crippen LogP contribution in [0.4, 0.5) is 0 Å². The van der Waals surface area contributed by atoms with Crippen molar-refractivity contribution in [2.24, 2.45) is 5.92 Å². The quantitative estimate of drug-likeness (QED) is 0.606. The van der Waals surface area contributed by atoms with Crippen molar-refractivity contribution in [3.8, 4) is 5.75 Å². The topological polar surface area (TPSA) is 78.0 Å². The van der Waals surface area contributed by atoms with Gasteiger partial charge in [0, 0.05) is 25.0 Å². The van der Waals surface area contributed by atoms with Crippen LogP contribution in [-0.4, -0.2) is 67.4 Å². The minimum atomic E-state index is 0.000437. The highest BCUT2D eigenvalue weighted by Crippen LogP contribution is 2.38. The number of morpholine rings is 1. The highest BCUT2D eigenvalue weighted by molar-refractivity contribution is 5.30. The molecule has 7 heteroatoms. The van der Waals surface area contributed by atoms with Crippen LogP contribution in [0.25, 0.3) is 0 Å². The minimum Gasteiger partial charge on any atom is -0.508 e. The molecule has 5 rings (SSSR count). The summed E-state index contributed by atoms with van der Waals surface area (Å²) in [5.41, 5.74) is 1.06. The lowest BCUT2D eigenvalue weighted by Gasteiger charge is -2.46. The van der Waals surface area contributed by atoms with E-state index in [2.05, 4.69) is 26.9 Å². The van der Waals surface area contributed by atoms with E-state index >= 15 is 0 Å². The van der Waals surface area contributed by atoms with Crippen LogP contribution in [-0.2, 0) is 9.47 Å². The number of rotatable bonds is 2. The normalized spacial score (nSPS) is 40.8. The summed E-state index contributed by atoms with van der Waals surface area (Å²) in [6.07, 6.45) is 2.78. The smallest absolute Gasteiger partial charge is 0.115 e. The Kier molecular flexibility index (Phi) is 4.60. The van der Waals surface area contributed by atoms with E-state index in [9.17, 15) is 5.11 Å². The molecule has 4 aliphatic heterocycles. The van der Waals surface area contributed by atoms with Gasteiger partial charge < -0.3 is 14.6 Å². The Morgan fingerprint density at radius 3 is 2.88 bits per heavy atom. The SMILES string of the molecule is Oc1cccc(C2NC3C4CCCNC4OC3C(N3CCOCC3)N2)c1. The zero-order chi connectivity index (χ0) is 17.5. The largest absolute Gasteiger partial charge is 0.508 e. The van der Waals surface area contributed by atoms with Crippen molar-refractivity contribution in [3.05, 3.63) is 29.8 Å². The van der Waals surface area contributed by atoms with Gasteiger partial charge in [-0.1, -0.05) is 12.1 Å². The molecular weight excluding hydrogens is 332 g/mol. The van der Waals surface area contributed by atoms with Gasteiger partial charge in [0.05, 0.1) is 25.5 Å². The van der Waals surface area contributed by atoms with Gasteiger partial charge >= 0.3 is 0 Å². The molecule has 7 nitrogen and oxygen atoms in total. The van der Waals surface area contributed by atoms with E-state index < -0.39 is 0 Å². The van der Waals surface area contributed by atoms with Gasteiger partial charge in [-0.05, 0) is 37.1 Å². The Balaban J connectivity index is 1.44. The number of phenols is 1. The number of aromatic hydroxyl groups is 1. The molecule has 26 heavy (non-hydrogen) atoms. The fourth-order valence-electron chi connectivity index (χ4n) is 4.96. The lowest BCUT2D eigenvalue weighted by Crippen LogP contribution is -2.68. The molecule has 6 unspecified atom stereocenters. The number of nitrogens with one attached hydrogen (secondary N) is 3. The van der Waals surface area contributed by atoms with Gasteiger partial charge in [-0.2, -0.15) is 0 Å². The van der Waals surface area contributed by atoms with Gasteiger partial charge in [0.2, 0.25) is 0 Å². The molecule has 0 amide bonds. The number of piperidine rings is 1. The summed E-state index contributed by atoms with van der Waals surface area (Å²) in [7, 11) is 0. The molecule has 1 aromatic rings. The van der Waals surface area contributed by atoms with Gasteiger partial charge in [-0.15, -0.1) is 0 Å². The first-order chi connectivity index (χ1) is 12.8. The van der Waals surface area contributed by atoms with Crippen molar-refractivity contribution in [2.75, 3.05) is 32.8 Å². The number of hydrogen-bond acceptors (Lipinski definition) is 7. The summed E-state index contributed by atoms with van der Waals surface area (Å²) < 4.78 is 12.0. The fourth-order valence-corrected chi connectivity index (χ4v) is 4.96. The molecular formula is C19H28N4O3. The van der Waals surface area contributed by atoms with Gasteiger partial charge in [-0.25, -0.2) is 0 Å². The predicted molar refractivity (Wildman–Crippen MR) is 96.5 cm³/mol. The molecule has 4 fully saturated rings. The maximum absolute atomic E-state index is 9.92. The molecule has 4 N–H and O–H groups in total.